The highest BCUT2D eigenvalue weighted by molar-refractivity contribution is 7.11. The molecule has 0 fully saturated rings. The smallest absolute Gasteiger partial charge is 0.320 e. The molecule has 1 aromatic rings. The summed E-state index contributed by atoms with van der Waals surface area (Å²) in [5.41, 5.74) is 0.994. The van der Waals surface area contributed by atoms with Gasteiger partial charge >= 0.3 is 5.97 Å². The van der Waals surface area contributed by atoms with Crippen LogP contribution in [-0.4, -0.2) is 22.1 Å². The zero-order chi connectivity index (χ0) is 13.0. The fourth-order valence-electron chi connectivity index (χ4n) is 1.70. The second-order valence-electron chi connectivity index (χ2n) is 4.64. The van der Waals surface area contributed by atoms with Crippen molar-refractivity contribution in [3.63, 3.8) is 0 Å². The molecule has 0 aromatic carbocycles. The summed E-state index contributed by atoms with van der Waals surface area (Å²) in [7, 11) is 0. The summed E-state index contributed by atoms with van der Waals surface area (Å²) in [5, 5.41) is 13.2. The summed E-state index contributed by atoms with van der Waals surface area (Å²) < 4.78 is 0. The standard InChI is InChI=1S/C12H20N2O2S/c1-7(2)5-10(12(15)16)13-6-11-8(3)14-9(4)17-11/h7,10,13H,5-6H2,1-4H3,(H,15,16). The van der Waals surface area contributed by atoms with Gasteiger partial charge in [0.15, 0.2) is 0 Å². The molecule has 0 aliphatic carbocycles. The van der Waals surface area contributed by atoms with Gasteiger partial charge < -0.3 is 5.11 Å². The monoisotopic (exact) mass is 256 g/mol. The third-order valence-corrected chi connectivity index (χ3v) is 3.59. The van der Waals surface area contributed by atoms with Crippen molar-refractivity contribution >= 4 is 17.3 Å². The Bertz CT molecular complexity index is 388. The first-order valence-corrected chi connectivity index (χ1v) is 6.61. The van der Waals surface area contributed by atoms with E-state index in [0.717, 1.165) is 15.6 Å². The molecule has 0 saturated carbocycles. The van der Waals surface area contributed by atoms with Crippen LogP contribution in [0.1, 0.15) is 35.8 Å². The number of aliphatic carboxylic acids is 1. The van der Waals surface area contributed by atoms with Gasteiger partial charge in [0.05, 0.1) is 10.7 Å². The quantitative estimate of drug-likeness (QED) is 0.820. The minimum absolute atomic E-state index is 0.368. The number of carbonyl (C=O) groups is 1. The minimum Gasteiger partial charge on any atom is -0.480 e. The normalized spacial score (nSPS) is 13.0. The lowest BCUT2D eigenvalue weighted by Gasteiger charge is -2.15. The molecule has 0 aliphatic rings. The van der Waals surface area contributed by atoms with Gasteiger partial charge in [-0.3, -0.25) is 10.1 Å². The van der Waals surface area contributed by atoms with Crippen LogP contribution < -0.4 is 5.32 Å². The maximum Gasteiger partial charge on any atom is 0.320 e. The van der Waals surface area contributed by atoms with Gasteiger partial charge in [-0.1, -0.05) is 13.8 Å². The first-order valence-electron chi connectivity index (χ1n) is 5.79. The van der Waals surface area contributed by atoms with E-state index in [2.05, 4.69) is 10.3 Å². The topological polar surface area (TPSA) is 62.2 Å². The van der Waals surface area contributed by atoms with Crippen LogP contribution in [0.2, 0.25) is 0 Å². The van der Waals surface area contributed by atoms with Crippen molar-refractivity contribution in [3.8, 4) is 0 Å². The van der Waals surface area contributed by atoms with Crippen LogP contribution in [0.4, 0.5) is 0 Å². The highest BCUT2D eigenvalue weighted by Gasteiger charge is 2.18. The van der Waals surface area contributed by atoms with E-state index in [-0.39, 0.29) is 0 Å². The fourth-order valence-corrected chi connectivity index (χ4v) is 2.58. The number of rotatable bonds is 6. The molecule has 96 valence electrons. The van der Waals surface area contributed by atoms with E-state index >= 15 is 0 Å². The van der Waals surface area contributed by atoms with Gasteiger partial charge in [0.1, 0.15) is 6.04 Å². The molecule has 0 saturated heterocycles. The summed E-state index contributed by atoms with van der Waals surface area (Å²) in [6, 6.07) is -0.475. The molecule has 4 nitrogen and oxygen atoms in total. The van der Waals surface area contributed by atoms with Gasteiger partial charge in [-0.2, -0.15) is 0 Å². The zero-order valence-electron chi connectivity index (χ0n) is 10.8. The Hall–Kier alpha value is -0.940. The zero-order valence-corrected chi connectivity index (χ0v) is 11.6. The van der Waals surface area contributed by atoms with E-state index in [1.165, 1.54) is 0 Å². The van der Waals surface area contributed by atoms with E-state index < -0.39 is 12.0 Å². The van der Waals surface area contributed by atoms with Gasteiger partial charge in [-0.15, -0.1) is 11.3 Å². The summed E-state index contributed by atoms with van der Waals surface area (Å²) >= 11 is 1.62. The highest BCUT2D eigenvalue weighted by atomic mass is 32.1. The van der Waals surface area contributed by atoms with Crippen molar-refractivity contribution < 1.29 is 9.90 Å². The lowest BCUT2D eigenvalue weighted by atomic mass is 10.0. The van der Waals surface area contributed by atoms with Crippen LogP contribution in [0.25, 0.3) is 0 Å². The molecule has 2 N–H and O–H groups in total. The van der Waals surface area contributed by atoms with E-state index in [1.54, 1.807) is 11.3 Å². The molecule has 5 heteroatoms. The Labute approximate surface area is 106 Å². The van der Waals surface area contributed by atoms with E-state index in [1.807, 2.05) is 27.7 Å². The predicted octanol–water partition coefficient (Wildman–Crippen LogP) is 2.35. The molecule has 0 aliphatic heterocycles. The molecule has 1 heterocycles. The number of carboxylic acid groups (broad SMARTS) is 1. The lowest BCUT2D eigenvalue weighted by molar-refractivity contribution is -0.140. The third-order valence-electron chi connectivity index (χ3n) is 2.51. The number of carboxylic acids is 1. The molecule has 0 radical (unpaired) electrons. The number of aromatic nitrogens is 1. The number of hydrogen-bond donors (Lipinski definition) is 2. The molecule has 1 aromatic heterocycles. The van der Waals surface area contributed by atoms with Gasteiger partial charge in [0, 0.05) is 11.4 Å². The number of nitrogens with zero attached hydrogens (tertiary/aromatic N) is 1. The van der Waals surface area contributed by atoms with Crippen LogP contribution in [0.3, 0.4) is 0 Å². The number of nitrogens with one attached hydrogen (secondary N) is 1. The largest absolute Gasteiger partial charge is 0.480 e. The first-order chi connectivity index (χ1) is 7.90. The molecular formula is C12H20N2O2S. The fraction of sp³-hybridized carbons (Fsp3) is 0.667. The first kappa shape index (κ1) is 14.1. The predicted molar refractivity (Wildman–Crippen MR) is 69.3 cm³/mol. The van der Waals surface area contributed by atoms with E-state index in [0.29, 0.717) is 18.9 Å². The summed E-state index contributed by atoms with van der Waals surface area (Å²) in [6.45, 7) is 8.56. The minimum atomic E-state index is -0.780. The molecule has 0 spiro atoms. The van der Waals surface area contributed by atoms with Crippen molar-refractivity contribution in [2.24, 2.45) is 5.92 Å². The van der Waals surface area contributed by atoms with Crippen molar-refractivity contribution in [1.29, 1.82) is 0 Å². The third kappa shape index (κ3) is 4.44. The number of hydrogen-bond acceptors (Lipinski definition) is 4. The van der Waals surface area contributed by atoms with Crippen LogP contribution in [0.15, 0.2) is 0 Å². The Morgan fingerprint density at radius 2 is 2.12 bits per heavy atom. The molecular weight excluding hydrogens is 236 g/mol. The summed E-state index contributed by atoms with van der Waals surface area (Å²) in [6.07, 6.45) is 0.645. The van der Waals surface area contributed by atoms with Crippen LogP contribution in [0.5, 0.6) is 0 Å². The maximum atomic E-state index is 11.1. The Balaban J connectivity index is 2.57. The Kier molecular flexibility index (Phi) is 5.08. The Morgan fingerprint density at radius 3 is 2.53 bits per heavy atom. The van der Waals surface area contributed by atoms with Crippen molar-refractivity contribution in [2.45, 2.75) is 46.7 Å². The molecule has 0 bridgehead atoms. The molecule has 17 heavy (non-hydrogen) atoms. The SMILES string of the molecule is Cc1nc(C)c(CNC(CC(C)C)C(=O)O)s1. The van der Waals surface area contributed by atoms with Gasteiger partial charge in [-0.25, -0.2) is 4.98 Å². The van der Waals surface area contributed by atoms with Crippen LogP contribution >= 0.6 is 11.3 Å². The average Bonchev–Trinajstić information content (AvgIpc) is 2.51. The average molecular weight is 256 g/mol. The second-order valence-corrected chi connectivity index (χ2v) is 5.93. The highest BCUT2D eigenvalue weighted by Crippen LogP contribution is 2.17. The molecule has 1 rings (SSSR count). The van der Waals surface area contributed by atoms with Gasteiger partial charge in [0.25, 0.3) is 0 Å². The van der Waals surface area contributed by atoms with Crippen LogP contribution in [-0.2, 0) is 11.3 Å². The van der Waals surface area contributed by atoms with Crippen LogP contribution in [0, 0.1) is 19.8 Å². The number of thiazole rings is 1. The molecule has 0 amide bonds. The van der Waals surface area contributed by atoms with E-state index in [4.69, 9.17) is 5.11 Å². The van der Waals surface area contributed by atoms with Crippen molar-refractivity contribution in [2.75, 3.05) is 0 Å². The number of aryl methyl sites for hydroxylation is 2. The maximum absolute atomic E-state index is 11.1. The summed E-state index contributed by atoms with van der Waals surface area (Å²) in [4.78, 5) is 16.5. The van der Waals surface area contributed by atoms with Gasteiger partial charge in [-0.05, 0) is 26.2 Å². The summed E-state index contributed by atoms with van der Waals surface area (Å²) in [5.74, 6) is -0.412. The molecule has 1 atom stereocenters. The van der Waals surface area contributed by atoms with E-state index in [9.17, 15) is 4.79 Å². The van der Waals surface area contributed by atoms with Crippen molar-refractivity contribution in [1.82, 2.24) is 10.3 Å². The lowest BCUT2D eigenvalue weighted by Crippen LogP contribution is -2.37. The second kappa shape index (κ2) is 6.12. The molecule has 1 unspecified atom stereocenters. The van der Waals surface area contributed by atoms with Gasteiger partial charge in [0.2, 0.25) is 0 Å². The van der Waals surface area contributed by atoms with Crippen molar-refractivity contribution in [3.05, 3.63) is 15.6 Å². The Morgan fingerprint density at radius 1 is 1.47 bits per heavy atom.